The number of nitrogens with one attached hydrogen (secondary N) is 1. The number of hydrogen-bond donors (Lipinski definition) is 2. The lowest BCUT2D eigenvalue weighted by atomic mass is 9.98. The van der Waals surface area contributed by atoms with Crippen molar-refractivity contribution in [2.24, 2.45) is 0 Å². The van der Waals surface area contributed by atoms with Crippen LogP contribution in [0.2, 0.25) is 0 Å². The van der Waals surface area contributed by atoms with Gasteiger partial charge in [-0.3, -0.25) is 4.79 Å². The molecule has 2 N–H and O–H groups in total. The third-order valence-corrected chi connectivity index (χ3v) is 5.51. The molecule has 2 aromatic rings. The maximum atomic E-state index is 13.0. The number of halogens is 1. The zero-order valence-corrected chi connectivity index (χ0v) is 16.0. The highest BCUT2D eigenvalue weighted by Gasteiger charge is 2.37. The van der Waals surface area contributed by atoms with E-state index in [-0.39, 0.29) is 25.6 Å². The van der Waals surface area contributed by atoms with Gasteiger partial charge in [-0.15, -0.1) is 0 Å². The lowest BCUT2D eigenvalue weighted by Crippen LogP contribution is -2.60. The molecule has 0 unspecified atom stereocenters. The van der Waals surface area contributed by atoms with Crippen molar-refractivity contribution in [3.63, 3.8) is 0 Å². The fourth-order valence-electron chi connectivity index (χ4n) is 3.96. The second-order valence-electron chi connectivity index (χ2n) is 7.53. The van der Waals surface area contributed by atoms with E-state index < -0.39 is 30.3 Å². The van der Waals surface area contributed by atoms with Crippen molar-refractivity contribution >= 4 is 12.0 Å². The van der Waals surface area contributed by atoms with Gasteiger partial charge >= 0.3 is 6.09 Å². The van der Waals surface area contributed by atoms with Gasteiger partial charge in [0.1, 0.15) is 18.8 Å². The number of carbonyl (C=O) groups is 2. The van der Waals surface area contributed by atoms with Crippen molar-refractivity contribution in [1.82, 2.24) is 10.2 Å². The van der Waals surface area contributed by atoms with Gasteiger partial charge in [0.15, 0.2) is 0 Å². The second-order valence-corrected chi connectivity index (χ2v) is 7.53. The van der Waals surface area contributed by atoms with Crippen molar-refractivity contribution in [3.05, 3.63) is 59.7 Å². The number of aliphatic hydroxyl groups excluding tert-OH is 1. The van der Waals surface area contributed by atoms with Crippen molar-refractivity contribution < 1.29 is 23.8 Å². The van der Waals surface area contributed by atoms with E-state index >= 15 is 0 Å². The van der Waals surface area contributed by atoms with Crippen LogP contribution in [-0.4, -0.2) is 60.0 Å². The lowest BCUT2D eigenvalue weighted by Gasteiger charge is -2.37. The number of benzene rings is 2. The van der Waals surface area contributed by atoms with Gasteiger partial charge in [-0.05, 0) is 29.2 Å². The first-order valence-electron chi connectivity index (χ1n) is 9.68. The molecule has 152 valence electrons. The molecule has 0 aromatic heterocycles. The van der Waals surface area contributed by atoms with Crippen LogP contribution in [0.3, 0.4) is 0 Å². The summed E-state index contributed by atoms with van der Waals surface area (Å²) in [7, 11) is 0. The minimum absolute atomic E-state index is 0.0194. The first-order chi connectivity index (χ1) is 14.0. The molecular formula is C22H23FN2O4. The Bertz CT molecular complexity index is 881. The number of amides is 2. The summed E-state index contributed by atoms with van der Waals surface area (Å²) in [6, 6.07) is 14.8. The molecule has 0 bridgehead atoms. The largest absolute Gasteiger partial charge is 0.449 e. The Morgan fingerprint density at radius 1 is 1.14 bits per heavy atom. The summed E-state index contributed by atoms with van der Waals surface area (Å²) in [6.07, 6.45) is -2.96. The first kappa shape index (κ1) is 19.4. The topological polar surface area (TPSA) is 78.9 Å². The highest BCUT2D eigenvalue weighted by atomic mass is 19.1. The van der Waals surface area contributed by atoms with Gasteiger partial charge in [-0.25, -0.2) is 9.18 Å². The molecule has 4 rings (SSSR count). The van der Waals surface area contributed by atoms with Crippen molar-refractivity contribution in [3.8, 4) is 11.1 Å². The summed E-state index contributed by atoms with van der Waals surface area (Å²) in [5, 5.41) is 12.3. The molecule has 0 radical (unpaired) electrons. The summed E-state index contributed by atoms with van der Waals surface area (Å²) >= 11 is 0. The van der Waals surface area contributed by atoms with Crippen LogP contribution in [0.25, 0.3) is 11.1 Å². The van der Waals surface area contributed by atoms with Crippen LogP contribution in [0.5, 0.6) is 0 Å². The number of likely N-dealkylation sites (tertiary alicyclic amines) is 1. The second kappa shape index (κ2) is 7.83. The first-order valence-corrected chi connectivity index (χ1v) is 9.68. The zero-order valence-electron chi connectivity index (χ0n) is 16.0. The normalized spacial score (nSPS) is 17.7. The van der Waals surface area contributed by atoms with Crippen LogP contribution < -0.4 is 5.32 Å². The summed E-state index contributed by atoms with van der Waals surface area (Å²) in [4.78, 5) is 26.0. The SMILES string of the molecule is C[C@@H](O)[C@@H](NC(=O)OCC1c2ccccc2-c2ccccc21)C(=O)N1CC(F)C1. The number of alkyl carbamates (subject to hydrolysis) is 1. The van der Waals surface area contributed by atoms with Crippen molar-refractivity contribution in [2.45, 2.75) is 31.2 Å². The van der Waals surface area contributed by atoms with Crippen LogP contribution in [-0.2, 0) is 9.53 Å². The van der Waals surface area contributed by atoms with E-state index in [1.54, 1.807) is 0 Å². The molecule has 1 aliphatic carbocycles. The van der Waals surface area contributed by atoms with Gasteiger partial charge in [0.25, 0.3) is 0 Å². The maximum absolute atomic E-state index is 13.0. The Labute approximate surface area is 168 Å². The predicted molar refractivity (Wildman–Crippen MR) is 105 cm³/mol. The molecule has 7 heteroatoms. The average Bonchev–Trinajstić information content (AvgIpc) is 3.01. The molecule has 1 saturated heterocycles. The number of ether oxygens (including phenoxy) is 1. The molecule has 1 aliphatic heterocycles. The fraction of sp³-hybridized carbons (Fsp3) is 0.364. The summed E-state index contributed by atoms with van der Waals surface area (Å²) < 4.78 is 18.4. The smallest absolute Gasteiger partial charge is 0.407 e. The van der Waals surface area contributed by atoms with Crippen molar-refractivity contribution in [2.75, 3.05) is 19.7 Å². The van der Waals surface area contributed by atoms with E-state index in [0.29, 0.717) is 0 Å². The molecule has 6 nitrogen and oxygen atoms in total. The van der Waals surface area contributed by atoms with Crippen molar-refractivity contribution in [1.29, 1.82) is 0 Å². The van der Waals surface area contributed by atoms with Gasteiger partial charge in [0.2, 0.25) is 5.91 Å². The van der Waals surface area contributed by atoms with E-state index in [1.165, 1.54) is 11.8 Å². The quantitative estimate of drug-likeness (QED) is 0.811. The third kappa shape index (κ3) is 3.70. The number of hydrogen-bond acceptors (Lipinski definition) is 4. The summed E-state index contributed by atoms with van der Waals surface area (Å²) in [5.74, 6) is -0.612. The molecule has 1 fully saturated rings. The van der Waals surface area contributed by atoms with Gasteiger partial charge in [0, 0.05) is 5.92 Å². The van der Waals surface area contributed by atoms with Gasteiger partial charge in [-0.1, -0.05) is 48.5 Å². The standard InChI is InChI=1S/C22H23FN2O4/c1-13(26)20(21(27)25-10-14(23)11-25)24-22(28)29-12-19-17-8-4-2-6-15(17)16-7-3-5-9-18(16)19/h2-9,13-14,19-20,26H,10-12H2,1H3,(H,24,28)/t13-,20-/m1/s1. The van der Waals surface area contributed by atoms with Gasteiger partial charge in [0.05, 0.1) is 19.2 Å². The minimum Gasteiger partial charge on any atom is -0.449 e. The molecule has 29 heavy (non-hydrogen) atoms. The van der Waals surface area contributed by atoms with E-state index in [2.05, 4.69) is 5.32 Å². The molecule has 0 spiro atoms. The Balaban J connectivity index is 1.42. The van der Waals surface area contributed by atoms with E-state index in [9.17, 15) is 19.1 Å². The minimum atomic E-state index is -1.17. The number of rotatable bonds is 5. The van der Waals surface area contributed by atoms with Gasteiger partial charge < -0.3 is 20.1 Å². The number of fused-ring (bicyclic) bond motifs is 3. The van der Waals surface area contributed by atoms with Crippen LogP contribution in [0.1, 0.15) is 24.0 Å². The monoisotopic (exact) mass is 398 g/mol. The predicted octanol–water partition coefficient (Wildman–Crippen LogP) is 2.45. The van der Waals surface area contributed by atoms with Crippen LogP contribution in [0.4, 0.5) is 9.18 Å². The average molecular weight is 398 g/mol. The van der Waals surface area contributed by atoms with E-state index in [4.69, 9.17) is 4.74 Å². The van der Waals surface area contributed by atoms with Gasteiger partial charge in [-0.2, -0.15) is 0 Å². The van der Waals surface area contributed by atoms with E-state index in [0.717, 1.165) is 22.3 Å². The highest BCUT2D eigenvalue weighted by molar-refractivity contribution is 5.87. The number of nitrogens with zero attached hydrogens (tertiary/aromatic N) is 1. The molecule has 2 amide bonds. The van der Waals surface area contributed by atoms with Crippen LogP contribution >= 0.6 is 0 Å². The molecule has 1 heterocycles. The summed E-state index contributed by atoms with van der Waals surface area (Å²) in [5.41, 5.74) is 4.40. The lowest BCUT2D eigenvalue weighted by molar-refractivity contribution is -0.143. The zero-order chi connectivity index (χ0) is 20.5. The maximum Gasteiger partial charge on any atom is 0.407 e. The van der Waals surface area contributed by atoms with E-state index in [1.807, 2.05) is 48.5 Å². The third-order valence-electron chi connectivity index (χ3n) is 5.51. The number of alkyl halides is 1. The molecule has 2 aromatic carbocycles. The molecule has 0 saturated carbocycles. The Hall–Kier alpha value is -2.93. The fourth-order valence-corrected chi connectivity index (χ4v) is 3.96. The Kier molecular flexibility index (Phi) is 5.24. The highest BCUT2D eigenvalue weighted by Crippen LogP contribution is 2.44. The Morgan fingerprint density at radius 3 is 2.21 bits per heavy atom. The molecule has 2 aliphatic rings. The molecule has 2 atom stereocenters. The Morgan fingerprint density at radius 2 is 1.69 bits per heavy atom. The number of carbonyl (C=O) groups excluding carboxylic acids is 2. The van der Waals surface area contributed by atoms with Crippen LogP contribution in [0, 0.1) is 0 Å². The summed E-state index contributed by atoms with van der Waals surface area (Å²) in [6.45, 7) is 1.47. The number of aliphatic hydroxyl groups is 1. The van der Waals surface area contributed by atoms with Crippen LogP contribution in [0.15, 0.2) is 48.5 Å². The molecular weight excluding hydrogens is 375 g/mol.